The zero-order chi connectivity index (χ0) is 10.3. The summed E-state index contributed by atoms with van der Waals surface area (Å²) in [5.41, 5.74) is 0. The van der Waals surface area contributed by atoms with Crippen LogP contribution < -0.4 is 0 Å². The number of ketones is 1. The summed E-state index contributed by atoms with van der Waals surface area (Å²) in [7, 11) is 2.04. The molecule has 3 nitrogen and oxygen atoms in total. The third-order valence-corrected chi connectivity index (χ3v) is 2.04. The van der Waals surface area contributed by atoms with E-state index in [0.29, 0.717) is 19.1 Å². The van der Waals surface area contributed by atoms with E-state index in [2.05, 4.69) is 4.90 Å². The summed E-state index contributed by atoms with van der Waals surface area (Å²) < 4.78 is 5.26. The molecular formula is C10H21NO2. The number of carbonyl (C=O) groups is 1. The second kappa shape index (κ2) is 7.04. The lowest BCUT2D eigenvalue weighted by Gasteiger charge is -2.31. The summed E-state index contributed by atoms with van der Waals surface area (Å²) in [5, 5.41) is 0. The zero-order valence-electron chi connectivity index (χ0n) is 9.17. The van der Waals surface area contributed by atoms with Crippen LogP contribution in [0, 0.1) is 0 Å². The van der Waals surface area contributed by atoms with Gasteiger partial charge in [0.1, 0.15) is 5.78 Å². The molecule has 0 aromatic rings. The van der Waals surface area contributed by atoms with Gasteiger partial charge in [0.15, 0.2) is 0 Å². The number of rotatable bonds is 2. The molecule has 1 aliphatic heterocycles. The number of hydrogen-bond acceptors (Lipinski definition) is 3. The van der Waals surface area contributed by atoms with Crippen molar-refractivity contribution in [3.63, 3.8) is 0 Å². The van der Waals surface area contributed by atoms with Gasteiger partial charge >= 0.3 is 0 Å². The minimum atomic E-state index is 0.243. The van der Waals surface area contributed by atoms with Crippen LogP contribution in [0.25, 0.3) is 0 Å². The van der Waals surface area contributed by atoms with Crippen molar-refractivity contribution in [3.8, 4) is 0 Å². The molecule has 0 radical (unpaired) electrons. The van der Waals surface area contributed by atoms with Crippen molar-refractivity contribution in [1.29, 1.82) is 0 Å². The Balaban J connectivity index is 0.000000671. The summed E-state index contributed by atoms with van der Waals surface area (Å²) in [4.78, 5) is 13.0. The number of morpholine rings is 1. The van der Waals surface area contributed by atoms with Gasteiger partial charge in [-0.05, 0) is 14.0 Å². The third kappa shape index (κ3) is 5.01. The van der Waals surface area contributed by atoms with E-state index in [4.69, 9.17) is 4.74 Å². The van der Waals surface area contributed by atoms with Gasteiger partial charge in [-0.3, -0.25) is 9.69 Å². The monoisotopic (exact) mass is 187 g/mol. The number of ether oxygens (including phenoxy) is 1. The van der Waals surface area contributed by atoms with E-state index < -0.39 is 0 Å². The normalized spacial score (nSPS) is 23.2. The summed E-state index contributed by atoms with van der Waals surface area (Å²) in [5.74, 6) is 0.243. The summed E-state index contributed by atoms with van der Waals surface area (Å²) in [6, 6.07) is 0.307. The largest absolute Gasteiger partial charge is 0.378 e. The third-order valence-electron chi connectivity index (χ3n) is 2.04. The lowest BCUT2D eigenvalue weighted by atomic mass is 10.1. The van der Waals surface area contributed by atoms with Crippen molar-refractivity contribution in [2.75, 3.05) is 26.8 Å². The number of Topliss-reactive ketones (excluding diaryl/α,β-unsaturated/α-hetero) is 1. The van der Waals surface area contributed by atoms with Gasteiger partial charge in [-0.15, -0.1) is 0 Å². The van der Waals surface area contributed by atoms with Gasteiger partial charge in [-0.25, -0.2) is 0 Å². The molecule has 0 saturated carbocycles. The first-order chi connectivity index (χ1) is 6.20. The van der Waals surface area contributed by atoms with E-state index in [1.807, 2.05) is 20.9 Å². The van der Waals surface area contributed by atoms with Crippen LogP contribution in [0.3, 0.4) is 0 Å². The number of hydrogen-bond donors (Lipinski definition) is 0. The van der Waals surface area contributed by atoms with Gasteiger partial charge in [0.2, 0.25) is 0 Å². The first-order valence-corrected chi connectivity index (χ1v) is 4.97. The molecule has 0 aromatic heterocycles. The van der Waals surface area contributed by atoms with Gasteiger partial charge in [0.05, 0.1) is 13.2 Å². The fourth-order valence-corrected chi connectivity index (χ4v) is 1.28. The molecule has 1 saturated heterocycles. The van der Waals surface area contributed by atoms with E-state index in [-0.39, 0.29) is 5.78 Å². The highest BCUT2D eigenvalue weighted by Crippen LogP contribution is 2.07. The van der Waals surface area contributed by atoms with E-state index >= 15 is 0 Å². The van der Waals surface area contributed by atoms with Gasteiger partial charge in [0.25, 0.3) is 0 Å². The van der Waals surface area contributed by atoms with Crippen molar-refractivity contribution in [1.82, 2.24) is 4.90 Å². The fraction of sp³-hybridized carbons (Fsp3) is 0.900. The molecule has 1 unspecified atom stereocenters. The molecular weight excluding hydrogens is 166 g/mol. The minimum absolute atomic E-state index is 0.243. The predicted molar refractivity (Wildman–Crippen MR) is 53.9 cm³/mol. The van der Waals surface area contributed by atoms with E-state index in [1.54, 1.807) is 6.92 Å². The SMILES string of the molecule is CC.CC(=O)CC1COCCN1C. The summed E-state index contributed by atoms with van der Waals surface area (Å²) in [6.45, 7) is 8.07. The van der Waals surface area contributed by atoms with Gasteiger partial charge < -0.3 is 4.74 Å². The lowest BCUT2D eigenvalue weighted by molar-refractivity contribution is -0.119. The first-order valence-electron chi connectivity index (χ1n) is 4.97. The van der Waals surface area contributed by atoms with Crippen LogP contribution >= 0.6 is 0 Å². The smallest absolute Gasteiger partial charge is 0.131 e. The molecule has 0 aromatic carbocycles. The maximum atomic E-state index is 10.8. The topological polar surface area (TPSA) is 29.5 Å². The summed E-state index contributed by atoms with van der Waals surface area (Å²) in [6.07, 6.45) is 0.622. The molecule has 3 heteroatoms. The second-order valence-electron chi connectivity index (χ2n) is 3.12. The quantitative estimate of drug-likeness (QED) is 0.653. The highest BCUT2D eigenvalue weighted by Gasteiger charge is 2.20. The molecule has 1 fully saturated rings. The Hall–Kier alpha value is -0.410. The average Bonchev–Trinajstić information content (AvgIpc) is 2.12. The second-order valence-corrected chi connectivity index (χ2v) is 3.12. The van der Waals surface area contributed by atoms with Gasteiger partial charge in [0, 0.05) is 19.0 Å². The van der Waals surface area contributed by atoms with Crippen molar-refractivity contribution < 1.29 is 9.53 Å². The van der Waals surface area contributed by atoms with Crippen LogP contribution in [-0.2, 0) is 9.53 Å². The molecule has 0 aliphatic carbocycles. The minimum Gasteiger partial charge on any atom is -0.378 e. The average molecular weight is 187 g/mol. The molecule has 1 heterocycles. The highest BCUT2D eigenvalue weighted by molar-refractivity contribution is 5.76. The lowest BCUT2D eigenvalue weighted by Crippen LogP contribution is -2.43. The van der Waals surface area contributed by atoms with E-state index in [1.165, 1.54) is 0 Å². The molecule has 0 N–H and O–H groups in total. The Bertz CT molecular complexity index is 148. The molecule has 13 heavy (non-hydrogen) atoms. The molecule has 1 rings (SSSR count). The first kappa shape index (κ1) is 12.6. The Morgan fingerprint density at radius 1 is 1.54 bits per heavy atom. The molecule has 1 aliphatic rings. The van der Waals surface area contributed by atoms with Crippen LogP contribution in [0.4, 0.5) is 0 Å². The maximum Gasteiger partial charge on any atom is 0.131 e. The molecule has 0 amide bonds. The summed E-state index contributed by atoms with van der Waals surface area (Å²) >= 11 is 0. The van der Waals surface area contributed by atoms with Crippen molar-refractivity contribution in [3.05, 3.63) is 0 Å². The van der Waals surface area contributed by atoms with Crippen molar-refractivity contribution >= 4 is 5.78 Å². The molecule has 78 valence electrons. The van der Waals surface area contributed by atoms with Crippen LogP contribution in [0.2, 0.25) is 0 Å². The number of likely N-dealkylation sites (N-methyl/N-ethyl adjacent to an activating group) is 1. The Labute approximate surface area is 81.1 Å². The highest BCUT2D eigenvalue weighted by atomic mass is 16.5. The molecule has 0 bridgehead atoms. The number of nitrogens with zero attached hydrogens (tertiary/aromatic N) is 1. The number of carbonyl (C=O) groups excluding carboxylic acids is 1. The fourth-order valence-electron chi connectivity index (χ4n) is 1.28. The van der Waals surface area contributed by atoms with Crippen LogP contribution in [0.5, 0.6) is 0 Å². The molecule has 1 atom stereocenters. The maximum absolute atomic E-state index is 10.8. The Kier molecular flexibility index (Phi) is 6.82. The standard InChI is InChI=1S/C8H15NO2.C2H6/c1-7(10)5-8-6-11-4-3-9(8)2;1-2/h8H,3-6H2,1-2H3;1-2H3. The van der Waals surface area contributed by atoms with E-state index in [9.17, 15) is 4.79 Å². The van der Waals surface area contributed by atoms with Crippen molar-refractivity contribution in [2.45, 2.75) is 33.2 Å². The molecule has 0 spiro atoms. The van der Waals surface area contributed by atoms with Crippen LogP contribution in [0.1, 0.15) is 27.2 Å². The Morgan fingerprint density at radius 3 is 2.62 bits per heavy atom. The van der Waals surface area contributed by atoms with E-state index in [0.717, 1.165) is 13.2 Å². The van der Waals surface area contributed by atoms with Crippen LogP contribution in [-0.4, -0.2) is 43.5 Å². The van der Waals surface area contributed by atoms with Crippen LogP contribution in [0.15, 0.2) is 0 Å². The predicted octanol–water partition coefficient (Wildman–Crippen LogP) is 1.32. The van der Waals surface area contributed by atoms with Gasteiger partial charge in [-0.1, -0.05) is 13.8 Å². The zero-order valence-corrected chi connectivity index (χ0v) is 9.17. The van der Waals surface area contributed by atoms with Gasteiger partial charge in [-0.2, -0.15) is 0 Å². The van der Waals surface area contributed by atoms with Crippen molar-refractivity contribution in [2.24, 2.45) is 0 Å². The Morgan fingerprint density at radius 2 is 2.15 bits per heavy atom.